The summed E-state index contributed by atoms with van der Waals surface area (Å²) in [7, 11) is 0. The van der Waals surface area contributed by atoms with E-state index in [-0.39, 0.29) is 0 Å². The quantitative estimate of drug-likeness (QED) is 0.618. The van der Waals surface area contributed by atoms with Gasteiger partial charge in [-0.15, -0.1) is 0 Å². The summed E-state index contributed by atoms with van der Waals surface area (Å²) in [6, 6.07) is 6.28. The Morgan fingerprint density at radius 2 is 2.17 bits per heavy atom. The molecule has 2 nitrogen and oxygen atoms in total. The Morgan fingerprint density at radius 3 is 3.00 bits per heavy atom. The van der Waals surface area contributed by atoms with Crippen molar-refractivity contribution in [2.45, 2.75) is 18.7 Å². The lowest BCUT2D eigenvalue weighted by Gasteiger charge is -2.13. The van der Waals surface area contributed by atoms with Crippen molar-refractivity contribution in [3.05, 3.63) is 23.8 Å². The van der Waals surface area contributed by atoms with Gasteiger partial charge in [-0.2, -0.15) is 0 Å². The number of benzene rings is 1. The summed E-state index contributed by atoms with van der Waals surface area (Å²) in [5.41, 5.74) is 2.35. The maximum atomic E-state index is 4.37. The van der Waals surface area contributed by atoms with Crippen molar-refractivity contribution >= 4 is 23.5 Å². The molecule has 1 aliphatic heterocycles. The van der Waals surface area contributed by atoms with E-state index in [1.165, 1.54) is 10.5 Å². The second-order valence-electron chi connectivity index (χ2n) is 2.87. The number of aliphatic imine (C=N–C) groups is 1. The summed E-state index contributed by atoms with van der Waals surface area (Å²) in [6.45, 7) is 4.06. The van der Waals surface area contributed by atoms with Gasteiger partial charge in [0.05, 0.1) is 10.6 Å². The molecule has 0 fully saturated rings. The molecule has 2 rings (SSSR count). The fourth-order valence-electron chi connectivity index (χ4n) is 1.13. The number of hydrogen-bond donors (Lipinski definition) is 1. The van der Waals surface area contributed by atoms with Crippen LogP contribution in [0.25, 0.3) is 0 Å². The molecule has 0 radical (unpaired) electrons. The van der Waals surface area contributed by atoms with E-state index in [4.69, 9.17) is 0 Å². The van der Waals surface area contributed by atoms with Crippen molar-refractivity contribution in [3.63, 3.8) is 0 Å². The van der Waals surface area contributed by atoms with Crippen LogP contribution in [0.4, 0.5) is 5.69 Å². The zero-order valence-corrected chi connectivity index (χ0v) is 7.90. The molecule has 3 heteroatoms. The lowest BCUT2D eigenvalue weighted by atomic mass is 10.2. The molecule has 0 aliphatic carbocycles. The molecule has 0 aromatic heterocycles. The fraction of sp³-hybridized carbons (Fsp3) is 0.222. The highest BCUT2D eigenvalue weighted by Crippen LogP contribution is 2.31. The van der Waals surface area contributed by atoms with Crippen molar-refractivity contribution in [1.29, 1.82) is 0 Å². The Kier molecular flexibility index (Phi) is 1.81. The minimum absolute atomic E-state index is 0.969. The molecule has 1 aliphatic rings. The minimum Gasteiger partial charge on any atom is -0.314 e. The van der Waals surface area contributed by atoms with Crippen LogP contribution in [-0.4, -0.2) is 5.84 Å². The predicted octanol–water partition coefficient (Wildman–Crippen LogP) is 2.66. The average molecular weight is 178 g/mol. The topological polar surface area (TPSA) is 24.4 Å². The van der Waals surface area contributed by atoms with Crippen LogP contribution in [0, 0.1) is 6.92 Å². The third kappa shape index (κ3) is 1.32. The SMILES string of the molecule is CC1=Nc2ccc(C)cc2SN1. The Labute approximate surface area is 76.2 Å². The van der Waals surface area contributed by atoms with Gasteiger partial charge in [-0.25, -0.2) is 4.99 Å². The third-order valence-electron chi connectivity index (χ3n) is 1.71. The van der Waals surface area contributed by atoms with Crippen molar-refractivity contribution in [2.75, 3.05) is 0 Å². The number of amidine groups is 1. The second kappa shape index (κ2) is 2.83. The molecule has 0 unspecified atom stereocenters. The number of nitrogens with one attached hydrogen (secondary N) is 1. The summed E-state index contributed by atoms with van der Waals surface area (Å²) in [5, 5.41) is 0. The monoisotopic (exact) mass is 178 g/mol. The van der Waals surface area contributed by atoms with Crippen LogP contribution in [0.1, 0.15) is 12.5 Å². The Hall–Kier alpha value is -0.960. The van der Waals surface area contributed by atoms with Crippen molar-refractivity contribution in [2.24, 2.45) is 4.99 Å². The van der Waals surface area contributed by atoms with Crippen LogP contribution >= 0.6 is 11.9 Å². The molecule has 62 valence electrons. The Balaban J connectivity index is 2.51. The van der Waals surface area contributed by atoms with E-state index < -0.39 is 0 Å². The van der Waals surface area contributed by atoms with Gasteiger partial charge >= 0.3 is 0 Å². The number of fused-ring (bicyclic) bond motifs is 1. The first kappa shape index (κ1) is 7.68. The molecule has 0 spiro atoms. The van der Waals surface area contributed by atoms with Crippen LogP contribution in [0.5, 0.6) is 0 Å². The van der Waals surface area contributed by atoms with Crippen LogP contribution in [0.3, 0.4) is 0 Å². The normalized spacial score (nSPS) is 14.7. The minimum atomic E-state index is 0.969. The summed E-state index contributed by atoms with van der Waals surface area (Å²) in [5.74, 6) is 0.969. The van der Waals surface area contributed by atoms with Crippen molar-refractivity contribution < 1.29 is 0 Å². The van der Waals surface area contributed by atoms with Crippen LogP contribution in [0.15, 0.2) is 28.1 Å². The third-order valence-corrected chi connectivity index (χ3v) is 2.66. The van der Waals surface area contributed by atoms with E-state index in [0.717, 1.165) is 11.5 Å². The smallest absolute Gasteiger partial charge is 0.109 e. The van der Waals surface area contributed by atoms with Crippen molar-refractivity contribution in [1.82, 2.24) is 4.72 Å². The van der Waals surface area contributed by atoms with Gasteiger partial charge in [-0.3, -0.25) is 0 Å². The first-order chi connectivity index (χ1) is 5.75. The number of hydrogen-bond acceptors (Lipinski definition) is 3. The van der Waals surface area contributed by atoms with Gasteiger partial charge in [-0.1, -0.05) is 6.07 Å². The average Bonchev–Trinajstić information content (AvgIpc) is 2.05. The summed E-state index contributed by atoms with van der Waals surface area (Å²) >= 11 is 1.63. The molecule has 1 aromatic rings. The zero-order valence-electron chi connectivity index (χ0n) is 7.09. The highest BCUT2D eigenvalue weighted by Gasteiger charge is 2.08. The highest BCUT2D eigenvalue weighted by molar-refractivity contribution is 7.98. The number of rotatable bonds is 0. The maximum absolute atomic E-state index is 4.37. The molecule has 0 saturated heterocycles. The second-order valence-corrected chi connectivity index (χ2v) is 3.72. The van der Waals surface area contributed by atoms with Gasteiger partial charge in [0.2, 0.25) is 0 Å². The molecular formula is C9H10N2S. The largest absolute Gasteiger partial charge is 0.314 e. The lowest BCUT2D eigenvalue weighted by Crippen LogP contribution is -2.13. The Bertz CT molecular complexity index is 344. The first-order valence-electron chi connectivity index (χ1n) is 3.84. The standard InChI is InChI=1S/C9H10N2S/c1-6-3-4-8-9(5-6)12-11-7(2)10-8/h3-5H,1-2H3,(H,10,11). The number of nitrogens with zero attached hydrogens (tertiary/aromatic N) is 1. The van der Waals surface area contributed by atoms with Gasteiger partial charge in [-0.05, 0) is 43.5 Å². The van der Waals surface area contributed by atoms with E-state index >= 15 is 0 Å². The first-order valence-corrected chi connectivity index (χ1v) is 4.66. The van der Waals surface area contributed by atoms with Crippen LogP contribution in [0.2, 0.25) is 0 Å². The molecule has 0 saturated carbocycles. The van der Waals surface area contributed by atoms with Crippen LogP contribution in [-0.2, 0) is 0 Å². The summed E-state index contributed by atoms with van der Waals surface area (Å²) < 4.78 is 3.13. The van der Waals surface area contributed by atoms with E-state index in [1.54, 1.807) is 11.9 Å². The summed E-state index contributed by atoms with van der Waals surface area (Å²) in [6.07, 6.45) is 0. The van der Waals surface area contributed by atoms with E-state index in [2.05, 4.69) is 34.8 Å². The van der Waals surface area contributed by atoms with Gasteiger partial charge < -0.3 is 4.72 Å². The molecule has 1 aromatic carbocycles. The maximum Gasteiger partial charge on any atom is 0.109 e. The van der Waals surface area contributed by atoms with Crippen molar-refractivity contribution in [3.8, 4) is 0 Å². The van der Waals surface area contributed by atoms with Gasteiger partial charge in [0.1, 0.15) is 5.84 Å². The fourth-order valence-corrected chi connectivity index (χ4v) is 1.89. The highest BCUT2D eigenvalue weighted by atomic mass is 32.2. The lowest BCUT2D eigenvalue weighted by molar-refractivity contribution is 1.25. The molecule has 12 heavy (non-hydrogen) atoms. The molecular weight excluding hydrogens is 168 g/mol. The van der Waals surface area contributed by atoms with Gasteiger partial charge in [0.25, 0.3) is 0 Å². The van der Waals surface area contributed by atoms with E-state index in [1.807, 2.05) is 6.92 Å². The molecule has 0 amide bonds. The van der Waals surface area contributed by atoms with Gasteiger partial charge in [0.15, 0.2) is 0 Å². The van der Waals surface area contributed by atoms with E-state index in [0.29, 0.717) is 0 Å². The molecule has 1 N–H and O–H groups in total. The molecule has 1 heterocycles. The molecule has 0 atom stereocenters. The predicted molar refractivity (Wildman–Crippen MR) is 52.9 cm³/mol. The molecule has 0 bridgehead atoms. The van der Waals surface area contributed by atoms with Crippen LogP contribution < -0.4 is 4.72 Å². The zero-order chi connectivity index (χ0) is 8.55. The summed E-state index contributed by atoms with van der Waals surface area (Å²) in [4.78, 5) is 5.58. The van der Waals surface area contributed by atoms with Gasteiger partial charge in [0, 0.05) is 0 Å². The van der Waals surface area contributed by atoms with E-state index in [9.17, 15) is 0 Å². The number of aryl methyl sites for hydroxylation is 1. The Morgan fingerprint density at radius 1 is 1.33 bits per heavy atom.